The molecular formula is C11H21N3OS. The van der Waals surface area contributed by atoms with Crippen molar-refractivity contribution in [2.24, 2.45) is 7.05 Å². The molecule has 0 aliphatic heterocycles. The van der Waals surface area contributed by atoms with E-state index in [0.29, 0.717) is 0 Å². The number of aromatic nitrogens is 2. The molecule has 92 valence electrons. The van der Waals surface area contributed by atoms with Crippen LogP contribution in [0.2, 0.25) is 0 Å². The molecule has 0 bridgehead atoms. The second kappa shape index (κ2) is 6.15. The second-order valence-electron chi connectivity index (χ2n) is 3.88. The standard InChI is InChI=1S/C11H21N3OS/c1-5-16(15)7-6-12-8-11-9(2)13-14(4)10(11)3/h12H,5-8H2,1-4H3. The van der Waals surface area contributed by atoms with Crippen LogP contribution in [0, 0.1) is 13.8 Å². The zero-order valence-corrected chi connectivity index (χ0v) is 11.4. The quantitative estimate of drug-likeness (QED) is 0.755. The van der Waals surface area contributed by atoms with Gasteiger partial charge in [0.25, 0.3) is 0 Å². The molecule has 0 aliphatic rings. The van der Waals surface area contributed by atoms with Gasteiger partial charge in [-0.25, -0.2) is 0 Å². The molecule has 16 heavy (non-hydrogen) atoms. The molecule has 1 rings (SSSR count). The SMILES string of the molecule is CCS(=O)CCNCc1c(C)nn(C)c1C. The van der Waals surface area contributed by atoms with Crippen LogP contribution >= 0.6 is 0 Å². The maximum atomic E-state index is 11.2. The van der Waals surface area contributed by atoms with Crippen molar-refractivity contribution in [1.29, 1.82) is 0 Å². The van der Waals surface area contributed by atoms with Crippen LogP contribution in [0.3, 0.4) is 0 Å². The highest BCUT2D eigenvalue weighted by Crippen LogP contribution is 2.10. The number of nitrogens with zero attached hydrogens (tertiary/aromatic N) is 2. The van der Waals surface area contributed by atoms with E-state index in [1.807, 2.05) is 25.6 Å². The van der Waals surface area contributed by atoms with Crippen LogP contribution in [0.15, 0.2) is 0 Å². The van der Waals surface area contributed by atoms with Crippen molar-refractivity contribution in [3.05, 3.63) is 17.0 Å². The molecule has 0 radical (unpaired) electrons. The van der Waals surface area contributed by atoms with Gasteiger partial charge >= 0.3 is 0 Å². The van der Waals surface area contributed by atoms with Gasteiger partial charge in [0, 0.05) is 53.7 Å². The normalized spacial score (nSPS) is 13.0. The summed E-state index contributed by atoms with van der Waals surface area (Å²) in [7, 11) is 1.28. The summed E-state index contributed by atoms with van der Waals surface area (Å²) in [6.45, 7) is 7.65. The van der Waals surface area contributed by atoms with Gasteiger partial charge in [-0.05, 0) is 13.8 Å². The first-order chi connectivity index (χ1) is 7.56. The predicted octanol–water partition coefficient (Wildman–Crippen LogP) is 0.895. The van der Waals surface area contributed by atoms with Crippen LogP contribution in [0.25, 0.3) is 0 Å². The Morgan fingerprint density at radius 3 is 2.62 bits per heavy atom. The smallest absolute Gasteiger partial charge is 0.0641 e. The van der Waals surface area contributed by atoms with Gasteiger partial charge in [0.1, 0.15) is 0 Å². The largest absolute Gasteiger partial charge is 0.312 e. The van der Waals surface area contributed by atoms with Crippen molar-refractivity contribution < 1.29 is 4.21 Å². The maximum absolute atomic E-state index is 11.2. The van der Waals surface area contributed by atoms with E-state index in [2.05, 4.69) is 17.3 Å². The zero-order valence-electron chi connectivity index (χ0n) is 10.5. The Hall–Kier alpha value is -0.680. The van der Waals surface area contributed by atoms with Crippen LogP contribution in [-0.4, -0.2) is 32.0 Å². The summed E-state index contributed by atoms with van der Waals surface area (Å²) < 4.78 is 13.1. The highest BCUT2D eigenvalue weighted by atomic mass is 32.2. The Labute approximate surface area is 99.9 Å². The molecule has 1 aromatic rings. The van der Waals surface area contributed by atoms with Crippen LogP contribution in [0.5, 0.6) is 0 Å². The monoisotopic (exact) mass is 243 g/mol. The van der Waals surface area contributed by atoms with Crippen LogP contribution in [-0.2, 0) is 24.4 Å². The third-order valence-corrected chi connectivity index (χ3v) is 4.09. The fourth-order valence-electron chi connectivity index (χ4n) is 1.62. The minimum atomic E-state index is -0.674. The summed E-state index contributed by atoms with van der Waals surface area (Å²) in [5.74, 6) is 1.47. The maximum Gasteiger partial charge on any atom is 0.0641 e. The van der Waals surface area contributed by atoms with E-state index in [-0.39, 0.29) is 0 Å². The topological polar surface area (TPSA) is 46.9 Å². The molecule has 0 amide bonds. The number of aryl methyl sites for hydroxylation is 2. The molecule has 0 aromatic carbocycles. The lowest BCUT2D eigenvalue weighted by Crippen LogP contribution is -2.21. The van der Waals surface area contributed by atoms with Gasteiger partial charge in [0.2, 0.25) is 0 Å². The Balaban J connectivity index is 2.40. The molecule has 0 fully saturated rings. The first-order valence-electron chi connectivity index (χ1n) is 5.61. The fourth-order valence-corrected chi connectivity index (χ4v) is 2.28. The third-order valence-electron chi connectivity index (χ3n) is 2.79. The van der Waals surface area contributed by atoms with Crippen molar-refractivity contribution >= 4 is 10.8 Å². The first kappa shape index (κ1) is 13.4. The average Bonchev–Trinajstić information content (AvgIpc) is 2.49. The molecular weight excluding hydrogens is 222 g/mol. The zero-order chi connectivity index (χ0) is 12.1. The van der Waals surface area contributed by atoms with Crippen molar-refractivity contribution in [3.8, 4) is 0 Å². The van der Waals surface area contributed by atoms with Crippen LogP contribution < -0.4 is 5.32 Å². The number of hydrogen-bond donors (Lipinski definition) is 1. The molecule has 0 spiro atoms. The van der Waals surface area contributed by atoms with Crippen molar-refractivity contribution in [1.82, 2.24) is 15.1 Å². The number of nitrogens with one attached hydrogen (secondary N) is 1. The first-order valence-corrected chi connectivity index (χ1v) is 7.09. The van der Waals surface area contributed by atoms with Gasteiger partial charge in [-0.1, -0.05) is 6.92 Å². The fraction of sp³-hybridized carbons (Fsp3) is 0.727. The molecule has 1 aromatic heterocycles. The molecule has 1 atom stereocenters. The Kier molecular flexibility index (Phi) is 5.15. The summed E-state index contributed by atoms with van der Waals surface area (Å²) in [6.07, 6.45) is 0. The summed E-state index contributed by atoms with van der Waals surface area (Å²) in [5, 5.41) is 7.67. The van der Waals surface area contributed by atoms with Crippen molar-refractivity contribution in [3.63, 3.8) is 0 Å². The molecule has 0 aliphatic carbocycles. The minimum Gasteiger partial charge on any atom is -0.312 e. The van der Waals surface area contributed by atoms with Crippen molar-refractivity contribution in [2.75, 3.05) is 18.1 Å². The molecule has 1 unspecified atom stereocenters. The van der Waals surface area contributed by atoms with Gasteiger partial charge < -0.3 is 5.32 Å². The average molecular weight is 243 g/mol. The highest BCUT2D eigenvalue weighted by molar-refractivity contribution is 7.84. The number of hydrogen-bond acceptors (Lipinski definition) is 3. The molecule has 1 heterocycles. The summed E-state index contributed by atoms with van der Waals surface area (Å²) in [5.41, 5.74) is 3.52. The summed E-state index contributed by atoms with van der Waals surface area (Å²) >= 11 is 0. The number of rotatable bonds is 6. The van der Waals surface area contributed by atoms with Crippen LogP contribution in [0.1, 0.15) is 23.9 Å². The molecule has 0 saturated heterocycles. The van der Waals surface area contributed by atoms with E-state index in [0.717, 1.165) is 30.3 Å². The van der Waals surface area contributed by atoms with Crippen LogP contribution in [0.4, 0.5) is 0 Å². The lowest BCUT2D eigenvalue weighted by atomic mass is 10.2. The Morgan fingerprint density at radius 2 is 2.12 bits per heavy atom. The lowest BCUT2D eigenvalue weighted by Gasteiger charge is -2.04. The van der Waals surface area contributed by atoms with E-state index in [9.17, 15) is 4.21 Å². The van der Waals surface area contributed by atoms with E-state index >= 15 is 0 Å². The third kappa shape index (κ3) is 3.42. The van der Waals surface area contributed by atoms with Gasteiger partial charge in [0.15, 0.2) is 0 Å². The van der Waals surface area contributed by atoms with Crippen molar-refractivity contribution in [2.45, 2.75) is 27.3 Å². The van der Waals surface area contributed by atoms with E-state index < -0.39 is 10.8 Å². The molecule has 4 nitrogen and oxygen atoms in total. The predicted molar refractivity (Wildman–Crippen MR) is 67.9 cm³/mol. The summed E-state index contributed by atoms with van der Waals surface area (Å²) in [6, 6.07) is 0. The lowest BCUT2D eigenvalue weighted by molar-refractivity contribution is 0.672. The van der Waals surface area contributed by atoms with E-state index in [4.69, 9.17) is 0 Å². The van der Waals surface area contributed by atoms with Gasteiger partial charge in [-0.2, -0.15) is 5.10 Å². The Bertz CT molecular complexity index is 374. The highest BCUT2D eigenvalue weighted by Gasteiger charge is 2.08. The second-order valence-corrected chi connectivity index (χ2v) is 5.75. The molecule has 1 N–H and O–H groups in total. The molecule has 5 heteroatoms. The van der Waals surface area contributed by atoms with Gasteiger partial charge in [0.05, 0.1) is 5.69 Å². The summed E-state index contributed by atoms with van der Waals surface area (Å²) in [4.78, 5) is 0. The van der Waals surface area contributed by atoms with Gasteiger partial charge in [-0.3, -0.25) is 8.89 Å². The minimum absolute atomic E-state index is 0.674. The molecule has 0 saturated carbocycles. The Morgan fingerprint density at radius 1 is 1.44 bits per heavy atom. The van der Waals surface area contributed by atoms with Gasteiger partial charge in [-0.15, -0.1) is 0 Å². The van der Waals surface area contributed by atoms with E-state index in [1.54, 1.807) is 0 Å². The van der Waals surface area contributed by atoms with E-state index in [1.165, 1.54) is 11.3 Å².